The number of amides is 1. The summed E-state index contributed by atoms with van der Waals surface area (Å²) in [5.74, 6) is -0.213. The van der Waals surface area contributed by atoms with Crippen LogP contribution in [0, 0.1) is 13.8 Å². The number of hydrogen-bond acceptors (Lipinski definition) is 5. The van der Waals surface area contributed by atoms with Gasteiger partial charge in [0.05, 0.1) is 18.8 Å². The highest BCUT2D eigenvalue weighted by Gasteiger charge is 2.25. The molecule has 1 saturated carbocycles. The molecule has 0 unspecified atom stereocenters. The summed E-state index contributed by atoms with van der Waals surface area (Å²) in [5.41, 5.74) is 6.90. The summed E-state index contributed by atoms with van der Waals surface area (Å²) in [7, 11) is 0. The third-order valence-electron chi connectivity index (χ3n) is 8.73. The van der Waals surface area contributed by atoms with E-state index < -0.39 is 0 Å². The van der Waals surface area contributed by atoms with Gasteiger partial charge in [-0.05, 0) is 68.0 Å². The first-order valence-corrected chi connectivity index (χ1v) is 15.7. The number of nitrogens with zero attached hydrogens (tertiary/aromatic N) is 2. The summed E-state index contributed by atoms with van der Waals surface area (Å²) in [6.07, 6.45) is 6.11. The van der Waals surface area contributed by atoms with E-state index in [4.69, 9.17) is 16.3 Å². The zero-order chi connectivity index (χ0) is 29.6. The number of anilines is 1. The number of pyridine rings is 1. The van der Waals surface area contributed by atoms with E-state index in [9.17, 15) is 9.59 Å². The average molecular weight is 591 g/mol. The zero-order valence-electron chi connectivity index (χ0n) is 25.1. The minimum absolute atomic E-state index is 0.0582. The fraction of sp³-hybridized carbons (Fsp3) is 0.471. The molecule has 8 heteroatoms. The van der Waals surface area contributed by atoms with Crippen molar-refractivity contribution >= 4 is 23.2 Å². The Kier molecular flexibility index (Phi) is 10.0. The Morgan fingerprint density at radius 1 is 1.05 bits per heavy atom. The summed E-state index contributed by atoms with van der Waals surface area (Å²) < 4.78 is 5.49. The fourth-order valence-electron chi connectivity index (χ4n) is 6.34. The lowest BCUT2D eigenvalue weighted by Gasteiger charge is -2.37. The number of aromatic amines is 1. The highest BCUT2D eigenvalue weighted by atomic mass is 35.5. The lowest BCUT2D eigenvalue weighted by atomic mass is 9.91. The quantitative estimate of drug-likeness (QED) is 0.289. The second kappa shape index (κ2) is 13.9. The number of aromatic nitrogens is 1. The van der Waals surface area contributed by atoms with Crippen LogP contribution >= 0.6 is 11.6 Å². The predicted octanol–water partition coefficient (Wildman–Crippen LogP) is 6.23. The van der Waals surface area contributed by atoms with Crippen molar-refractivity contribution in [1.82, 2.24) is 15.2 Å². The first-order valence-electron chi connectivity index (χ1n) is 15.3. The van der Waals surface area contributed by atoms with E-state index >= 15 is 0 Å². The van der Waals surface area contributed by atoms with Crippen LogP contribution in [0.2, 0.25) is 5.15 Å². The normalized spacial score (nSPS) is 16.4. The molecule has 1 saturated heterocycles. The molecule has 2 aromatic carbocycles. The highest BCUT2D eigenvalue weighted by Crippen LogP contribution is 2.35. The second-order valence-corrected chi connectivity index (χ2v) is 12.0. The third-order valence-corrected chi connectivity index (χ3v) is 9.05. The van der Waals surface area contributed by atoms with E-state index in [0.717, 1.165) is 61.8 Å². The zero-order valence-corrected chi connectivity index (χ0v) is 25.9. The van der Waals surface area contributed by atoms with E-state index in [1.165, 1.54) is 43.7 Å². The van der Waals surface area contributed by atoms with Crippen LogP contribution in [0.5, 0.6) is 0 Å². The van der Waals surface area contributed by atoms with Crippen LogP contribution < -0.4 is 15.6 Å². The van der Waals surface area contributed by atoms with Gasteiger partial charge in [0.2, 0.25) is 0 Å². The summed E-state index contributed by atoms with van der Waals surface area (Å²) in [6.45, 7) is 11.3. The number of aryl methyl sites for hydroxylation is 1. The monoisotopic (exact) mass is 590 g/mol. The second-order valence-electron chi connectivity index (χ2n) is 11.6. The van der Waals surface area contributed by atoms with Crippen LogP contribution in [0.3, 0.4) is 0 Å². The molecule has 2 heterocycles. The number of carbonyl (C=O) groups excluding carboxylic acids is 1. The van der Waals surface area contributed by atoms with Gasteiger partial charge in [0.25, 0.3) is 5.91 Å². The van der Waals surface area contributed by atoms with Gasteiger partial charge in [-0.15, -0.1) is 0 Å². The number of H-pyrrole nitrogens is 1. The first-order chi connectivity index (χ1) is 20.3. The molecular formula is C34H43ClN4O3. The summed E-state index contributed by atoms with van der Waals surface area (Å²) >= 11 is 6.32. The lowest BCUT2D eigenvalue weighted by Crippen LogP contribution is -2.37. The van der Waals surface area contributed by atoms with E-state index in [-0.39, 0.29) is 23.0 Å². The maximum absolute atomic E-state index is 13.7. The molecule has 7 nitrogen and oxygen atoms in total. The minimum Gasteiger partial charge on any atom is -0.379 e. The molecule has 0 atom stereocenters. The minimum atomic E-state index is -0.213. The number of benzene rings is 2. The van der Waals surface area contributed by atoms with Gasteiger partial charge in [-0.25, -0.2) is 0 Å². The number of carbonyl (C=O) groups is 1. The third kappa shape index (κ3) is 7.08. The Hall–Kier alpha value is -3.13. The van der Waals surface area contributed by atoms with Crippen molar-refractivity contribution in [2.75, 3.05) is 37.7 Å². The average Bonchev–Trinajstić information content (AvgIpc) is 2.99. The fourth-order valence-corrected chi connectivity index (χ4v) is 6.65. The maximum Gasteiger partial charge on any atom is 0.251 e. The Labute approximate surface area is 254 Å². The number of morpholine rings is 1. The number of ether oxygens (including phenoxy) is 1. The molecular weight excluding hydrogens is 548 g/mol. The van der Waals surface area contributed by atoms with E-state index in [0.29, 0.717) is 22.9 Å². The molecule has 5 rings (SSSR count). The Morgan fingerprint density at radius 2 is 1.76 bits per heavy atom. The van der Waals surface area contributed by atoms with Crippen molar-refractivity contribution in [1.29, 1.82) is 0 Å². The summed E-state index contributed by atoms with van der Waals surface area (Å²) in [6, 6.07) is 14.9. The highest BCUT2D eigenvalue weighted by molar-refractivity contribution is 6.30. The van der Waals surface area contributed by atoms with Gasteiger partial charge < -0.3 is 19.9 Å². The molecule has 42 heavy (non-hydrogen) atoms. The first kappa shape index (κ1) is 30.3. The number of nitrogens with one attached hydrogen (secondary N) is 2. The van der Waals surface area contributed by atoms with Crippen LogP contribution in [0.4, 0.5) is 5.69 Å². The Bertz CT molecular complexity index is 1440. The van der Waals surface area contributed by atoms with Gasteiger partial charge in [-0.1, -0.05) is 55.1 Å². The molecule has 2 aliphatic rings. The topological polar surface area (TPSA) is 77.7 Å². The van der Waals surface area contributed by atoms with Gasteiger partial charge in [-0.2, -0.15) is 0 Å². The Balaban J connectivity index is 1.46. The van der Waals surface area contributed by atoms with Crippen LogP contribution in [0.25, 0.3) is 11.1 Å². The van der Waals surface area contributed by atoms with Gasteiger partial charge in [-0.3, -0.25) is 14.5 Å². The largest absolute Gasteiger partial charge is 0.379 e. The number of halogens is 1. The maximum atomic E-state index is 13.7. The molecule has 3 aromatic rings. The van der Waals surface area contributed by atoms with Crippen molar-refractivity contribution in [2.45, 2.75) is 72.0 Å². The van der Waals surface area contributed by atoms with Crippen molar-refractivity contribution in [3.05, 3.63) is 85.8 Å². The predicted molar refractivity (Wildman–Crippen MR) is 171 cm³/mol. The van der Waals surface area contributed by atoms with E-state index in [2.05, 4.69) is 57.4 Å². The summed E-state index contributed by atoms with van der Waals surface area (Å²) in [5, 5.41) is 3.24. The number of rotatable bonds is 9. The molecule has 2 N–H and O–H groups in total. The van der Waals surface area contributed by atoms with E-state index in [1.807, 2.05) is 13.0 Å². The van der Waals surface area contributed by atoms with Crippen LogP contribution in [0.1, 0.15) is 71.8 Å². The molecule has 0 bridgehead atoms. The number of hydrogen-bond donors (Lipinski definition) is 2. The lowest BCUT2D eigenvalue weighted by molar-refractivity contribution is 0.0342. The molecule has 2 fully saturated rings. The standard InChI is InChI=1S/C34H43ClN4O3/c1-4-39(28-8-6-5-7-9-28)31-20-27(26-12-10-25(11-13-26)22-38-14-16-42-17-15-38)19-29(24(31)3)34(41)36-21-30-32(40)18-23(2)37-33(30)35/h10-13,18-20,28H,4-9,14-17,21-22H2,1-3H3,(H,36,41)(H,37,40). The molecule has 0 spiro atoms. The SMILES string of the molecule is CCN(c1cc(-c2ccc(CN3CCOCC3)cc2)cc(C(=O)NCc2c(Cl)[nH]c(C)cc2=O)c1C)C1CCCCC1. The van der Waals surface area contributed by atoms with Crippen molar-refractivity contribution in [3.8, 4) is 11.1 Å². The van der Waals surface area contributed by atoms with E-state index in [1.54, 1.807) is 6.92 Å². The van der Waals surface area contributed by atoms with Crippen molar-refractivity contribution in [3.63, 3.8) is 0 Å². The van der Waals surface area contributed by atoms with Crippen molar-refractivity contribution in [2.24, 2.45) is 0 Å². The summed E-state index contributed by atoms with van der Waals surface area (Å²) in [4.78, 5) is 34.2. The Morgan fingerprint density at radius 3 is 2.43 bits per heavy atom. The van der Waals surface area contributed by atoms with Crippen LogP contribution in [-0.4, -0.2) is 54.7 Å². The van der Waals surface area contributed by atoms with Gasteiger partial charge in [0, 0.05) is 61.8 Å². The molecule has 1 aromatic heterocycles. The van der Waals surface area contributed by atoms with Gasteiger partial charge >= 0.3 is 0 Å². The van der Waals surface area contributed by atoms with Crippen molar-refractivity contribution < 1.29 is 9.53 Å². The molecule has 224 valence electrons. The molecule has 1 amide bonds. The molecule has 1 aliphatic carbocycles. The molecule has 1 aliphatic heterocycles. The smallest absolute Gasteiger partial charge is 0.251 e. The van der Waals surface area contributed by atoms with Crippen LogP contribution in [0.15, 0.2) is 47.3 Å². The van der Waals surface area contributed by atoms with Crippen LogP contribution in [-0.2, 0) is 17.8 Å². The molecule has 0 radical (unpaired) electrons. The van der Waals surface area contributed by atoms with Gasteiger partial charge in [0.1, 0.15) is 5.15 Å². The van der Waals surface area contributed by atoms with Gasteiger partial charge in [0.15, 0.2) is 5.43 Å².